The lowest BCUT2D eigenvalue weighted by atomic mass is 10.2. The average molecular weight is 252 g/mol. The van der Waals surface area contributed by atoms with Gasteiger partial charge in [-0.3, -0.25) is 0 Å². The summed E-state index contributed by atoms with van der Waals surface area (Å²) in [5.41, 5.74) is 3.03. The molecule has 0 atom stereocenters. The summed E-state index contributed by atoms with van der Waals surface area (Å²) in [4.78, 5) is 0. The molecule has 0 radical (unpaired) electrons. The van der Waals surface area contributed by atoms with Gasteiger partial charge in [-0.25, -0.2) is 0 Å². The molecule has 0 amide bonds. The van der Waals surface area contributed by atoms with E-state index in [1.54, 1.807) is 6.08 Å². The fourth-order valence-corrected chi connectivity index (χ4v) is 3.31. The third-order valence-corrected chi connectivity index (χ3v) is 4.09. The van der Waals surface area contributed by atoms with Gasteiger partial charge in [0.15, 0.2) is 11.1 Å². The highest BCUT2D eigenvalue weighted by molar-refractivity contribution is 6.50. The minimum Gasteiger partial charge on any atom is -0.546 e. The molecule has 1 heterocycles. The van der Waals surface area contributed by atoms with Crippen LogP contribution in [0, 0.1) is 0 Å². The maximum atomic E-state index is 5.72. The Balaban J connectivity index is 3.24. The summed E-state index contributed by atoms with van der Waals surface area (Å²) in [6.45, 7) is 11.6. The van der Waals surface area contributed by atoms with E-state index in [1.807, 2.05) is 26.8 Å². The molecule has 17 heavy (non-hydrogen) atoms. The predicted octanol–water partition coefficient (Wildman–Crippen LogP) is 2.60. The van der Waals surface area contributed by atoms with Crippen molar-refractivity contribution in [1.82, 2.24) is 0 Å². The van der Waals surface area contributed by atoms with Crippen molar-refractivity contribution in [2.75, 3.05) is 19.8 Å². The topological polar surface area (TPSA) is 27.7 Å². The van der Waals surface area contributed by atoms with Gasteiger partial charge in [-0.05, 0) is 26.4 Å². The van der Waals surface area contributed by atoms with Crippen molar-refractivity contribution in [3.63, 3.8) is 0 Å². The molecule has 3 nitrogen and oxygen atoms in total. The summed E-state index contributed by atoms with van der Waals surface area (Å²) in [5, 5.41) is 0.846. The van der Waals surface area contributed by atoms with Crippen LogP contribution >= 0.6 is 0 Å². The summed E-state index contributed by atoms with van der Waals surface area (Å²) in [7, 11) is -1.23. The van der Waals surface area contributed by atoms with Gasteiger partial charge in [-0.2, -0.15) is 0 Å². The van der Waals surface area contributed by atoms with Gasteiger partial charge in [0.05, 0.1) is 19.8 Å². The van der Waals surface area contributed by atoms with Gasteiger partial charge in [0, 0.05) is 5.56 Å². The second kappa shape index (κ2) is 7.11. The summed E-state index contributed by atoms with van der Waals surface area (Å²) >= 11 is 0. The van der Waals surface area contributed by atoms with Crippen molar-refractivity contribution in [2.45, 2.75) is 20.8 Å². The molecule has 0 fully saturated rings. The van der Waals surface area contributed by atoms with Crippen LogP contribution in [0.2, 0.25) is 0 Å². The van der Waals surface area contributed by atoms with Crippen LogP contribution in [0.25, 0.3) is 6.08 Å². The molecule has 0 saturated heterocycles. The first kappa shape index (κ1) is 13.8. The molecular formula is C13H20O3Si. The molecular weight excluding hydrogens is 232 g/mol. The first-order valence-corrected chi connectivity index (χ1v) is 7.44. The minimum absolute atomic E-state index is 0.609. The van der Waals surface area contributed by atoms with Crippen molar-refractivity contribution in [2.24, 2.45) is 0 Å². The molecule has 1 aromatic heterocycles. The van der Waals surface area contributed by atoms with Crippen LogP contribution in [0.1, 0.15) is 26.3 Å². The van der Waals surface area contributed by atoms with E-state index in [0.29, 0.717) is 19.8 Å². The molecule has 0 bridgehead atoms. The first-order chi connectivity index (χ1) is 8.28. The normalized spacial score (nSPS) is 9.82. The van der Waals surface area contributed by atoms with Gasteiger partial charge in [0.1, 0.15) is 0 Å². The molecule has 0 saturated carbocycles. The molecule has 0 N–H and O–H groups in total. The quantitative estimate of drug-likeness (QED) is 0.698. The van der Waals surface area contributed by atoms with E-state index in [0.717, 1.165) is 16.7 Å². The van der Waals surface area contributed by atoms with Crippen LogP contribution in [-0.4, -0.2) is 28.5 Å². The zero-order chi connectivity index (χ0) is 12.7. The number of hydrogen-bond acceptors (Lipinski definition) is 3. The first-order valence-electron chi connectivity index (χ1n) is 5.96. The van der Waals surface area contributed by atoms with Crippen molar-refractivity contribution in [1.29, 1.82) is 0 Å². The maximum Gasteiger partial charge on any atom is 0.312 e. The zero-order valence-corrected chi connectivity index (χ0v) is 11.8. The second-order valence-corrected chi connectivity index (χ2v) is 5.12. The maximum absolute atomic E-state index is 5.72. The second-order valence-electron chi connectivity index (χ2n) is 3.31. The lowest BCUT2D eigenvalue weighted by Gasteiger charge is -2.16. The fraction of sp³-hybridized carbons (Fsp3) is 0.462. The number of ether oxygens (including phenoxy) is 2. The lowest BCUT2D eigenvalue weighted by Crippen LogP contribution is -2.17. The largest absolute Gasteiger partial charge is 0.546 e. The molecule has 0 aromatic carbocycles. The van der Waals surface area contributed by atoms with Crippen molar-refractivity contribution < 1.29 is 13.9 Å². The molecule has 1 aromatic rings. The minimum atomic E-state index is -1.23. The van der Waals surface area contributed by atoms with Gasteiger partial charge in [-0.1, -0.05) is 18.7 Å². The summed E-state index contributed by atoms with van der Waals surface area (Å²) in [5.74, 6) is 0.786. The van der Waals surface area contributed by atoms with Crippen LogP contribution in [0.5, 0.6) is 11.1 Å². The highest BCUT2D eigenvalue weighted by atomic mass is 28.3. The van der Waals surface area contributed by atoms with E-state index < -0.39 is 8.64 Å². The smallest absolute Gasteiger partial charge is 0.312 e. The Morgan fingerprint density at radius 2 is 1.88 bits per heavy atom. The van der Waals surface area contributed by atoms with Gasteiger partial charge in [-0.15, -0.1) is 0 Å². The molecule has 1 rings (SSSR count). The molecule has 0 aliphatic rings. The molecule has 0 aliphatic carbocycles. The Morgan fingerprint density at radius 1 is 1.18 bits per heavy atom. The van der Waals surface area contributed by atoms with E-state index >= 15 is 0 Å². The monoisotopic (exact) mass is 252 g/mol. The van der Waals surface area contributed by atoms with E-state index in [2.05, 4.69) is 12.3 Å². The van der Waals surface area contributed by atoms with Crippen LogP contribution in [0.4, 0.5) is 0 Å². The highest BCUT2D eigenvalue weighted by Gasteiger charge is 2.16. The third-order valence-electron chi connectivity index (χ3n) is 2.20. The summed E-state index contributed by atoms with van der Waals surface area (Å²) in [6.07, 6.45) is 1.78. The standard InChI is InChI=1S/C13H20O3Si/c1-5-11-9-10-17(16-8-4)13(15-7-3)12(11)14-6-2/h5,9-10H,1,6-8H2,2-4H3. The van der Waals surface area contributed by atoms with Gasteiger partial charge >= 0.3 is 8.64 Å². The summed E-state index contributed by atoms with van der Waals surface area (Å²) in [6, 6.07) is 2.00. The molecule has 0 unspecified atom stereocenters. The Hall–Kier alpha value is -1.29. The lowest BCUT2D eigenvalue weighted by molar-refractivity contribution is 0.287. The van der Waals surface area contributed by atoms with Crippen LogP contribution < -0.4 is 13.9 Å². The Kier molecular flexibility index (Phi) is 5.76. The molecule has 94 valence electrons. The average Bonchev–Trinajstić information content (AvgIpc) is 2.34. The third kappa shape index (κ3) is 3.33. The molecule has 0 spiro atoms. The summed E-state index contributed by atoms with van der Waals surface area (Å²) < 4.78 is 17.1. The highest BCUT2D eigenvalue weighted by Crippen LogP contribution is 2.31. The molecule has 0 aliphatic heterocycles. The Labute approximate surface area is 105 Å². The van der Waals surface area contributed by atoms with Crippen molar-refractivity contribution >= 4 is 14.7 Å². The van der Waals surface area contributed by atoms with Crippen molar-refractivity contribution in [3.05, 3.63) is 23.9 Å². The zero-order valence-electron chi connectivity index (χ0n) is 10.8. The number of hydrogen-bond donors (Lipinski definition) is 0. The van der Waals surface area contributed by atoms with Gasteiger partial charge in [0.25, 0.3) is 0 Å². The Bertz CT molecular complexity index is 377. The van der Waals surface area contributed by atoms with Crippen LogP contribution in [0.3, 0.4) is 0 Å². The van der Waals surface area contributed by atoms with E-state index in [9.17, 15) is 0 Å². The SMILES string of the molecule is C=Cc1cc[si](OCC)c(OCC)c1OCC. The van der Waals surface area contributed by atoms with Gasteiger partial charge < -0.3 is 13.9 Å². The van der Waals surface area contributed by atoms with Gasteiger partial charge in [0.2, 0.25) is 0 Å². The Morgan fingerprint density at radius 3 is 2.41 bits per heavy atom. The van der Waals surface area contributed by atoms with E-state index in [-0.39, 0.29) is 0 Å². The van der Waals surface area contributed by atoms with Crippen LogP contribution in [0.15, 0.2) is 18.3 Å². The van der Waals surface area contributed by atoms with E-state index in [4.69, 9.17) is 13.9 Å². The molecule has 4 heteroatoms. The predicted molar refractivity (Wildman–Crippen MR) is 71.9 cm³/mol. The van der Waals surface area contributed by atoms with Crippen LogP contribution in [-0.2, 0) is 0 Å². The number of rotatable bonds is 7. The van der Waals surface area contributed by atoms with Crippen molar-refractivity contribution in [3.8, 4) is 11.1 Å². The van der Waals surface area contributed by atoms with E-state index in [1.165, 1.54) is 0 Å². The fourth-order valence-electron chi connectivity index (χ4n) is 1.56.